The Labute approximate surface area is 173 Å². The minimum Gasteiger partial charge on any atom is -0.466 e. The summed E-state index contributed by atoms with van der Waals surface area (Å²) in [5.41, 5.74) is 0. The van der Waals surface area contributed by atoms with E-state index in [0.29, 0.717) is 13.2 Å². The quantitative estimate of drug-likeness (QED) is 0.357. The molecule has 0 aliphatic heterocycles. The van der Waals surface area contributed by atoms with E-state index in [1.807, 2.05) is 48.5 Å². The van der Waals surface area contributed by atoms with Crippen molar-refractivity contribution in [3.05, 3.63) is 39.0 Å². The van der Waals surface area contributed by atoms with Crippen molar-refractivity contribution in [1.82, 2.24) is 0 Å². The van der Waals surface area contributed by atoms with E-state index in [9.17, 15) is 9.59 Å². The fourth-order valence-electron chi connectivity index (χ4n) is 0.492. The number of esters is 2. The molecule has 0 saturated carbocycles. The molecule has 27 heavy (non-hydrogen) atoms. The van der Waals surface area contributed by atoms with Gasteiger partial charge in [-0.15, -0.1) is 32.9 Å². The van der Waals surface area contributed by atoms with Crippen molar-refractivity contribution in [3.63, 3.8) is 0 Å². The van der Waals surface area contributed by atoms with E-state index in [1.54, 1.807) is 6.08 Å². The zero-order chi connectivity index (χ0) is 22.1. The summed E-state index contributed by atoms with van der Waals surface area (Å²) in [6.45, 7) is 33.1. The first-order valence-electron chi connectivity index (χ1n) is 8.79. The van der Waals surface area contributed by atoms with E-state index >= 15 is 0 Å². The van der Waals surface area contributed by atoms with Gasteiger partial charge in [-0.05, 0) is 19.8 Å². The summed E-state index contributed by atoms with van der Waals surface area (Å²) in [6, 6.07) is 0. The number of allylic oxidation sites excluding steroid dienone is 1. The van der Waals surface area contributed by atoms with Crippen LogP contribution in [0.2, 0.25) is 0 Å². The molecule has 0 atom stereocenters. The molecule has 170 valence electrons. The molecule has 0 saturated heterocycles. The molecule has 0 rings (SSSR count). The lowest BCUT2D eigenvalue weighted by atomic mass is 10.5. The maximum absolute atomic E-state index is 9.98. The van der Waals surface area contributed by atoms with Crippen molar-refractivity contribution in [2.24, 2.45) is 0 Å². The van der Waals surface area contributed by atoms with Gasteiger partial charge in [-0.1, -0.05) is 62.5 Å². The lowest BCUT2D eigenvalue weighted by Crippen LogP contribution is -1.98. The third-order valence-electron chi connectivity index (χ3n) is 1.02. The van der Waals surface area contributed by atoms with Crippen molar-refractivity contribution in [3.8, 4) is 0 Å². The predicted molar refractivity (Wildman–Crippen MR) is 128 cm³/mol. The minimum absolute atomic E-state index is 0. The number of ether oxygens (including phenoxy) is 2. The van der Waals surface area contributed by atoms with E-state index in [0.717, 1.165) is 12.8 Å². The average Bonchev–Trinajstić information content (AvgIpc) is 2.66. The van der Waals surface area contributed by atoms with E-state index in [-0.39, 0.29) is 26.8 Å². The molecule has 0 aliphatic rings. The van der Waals surface area contributed by atoms with Crippen molar-refractivity contribution < 1.29 is 19.1 Å². The maximum Gasteiger partial charge on any atom is 0.302 e. The van der Waals surface area contributed by atoms with Crippen LogP contribution in [0.4, 0.5) is 0 Å². The second kappa shape index (κ2) is 104. The van der Waals surface area contributed by atoms with Gasteiger partial charge in [-0.3, -0.25) is 9.59 Å². The number of hydrogen-bond acceptors (Lipinski definition) is 4. The molecule has 0 amide bonds. The second-order valence-electron chi connectivity index (χ2n) is 3.09. The molecule has 4 nitrogen and oxygen atoms in total. The van der Waals surface area contributed by atoms with Crippen molar-refractivity contribution in [2.75, 3.05) is 13.2 Å². The molecule has 0 aromatic heterocycles. The zero-order valence-electron chi connectivity index (χ0n) is 18.6. The Morgan fingerprint density at radius 1 is 0.741 bits per heavy atom. The van der Waals surface area contributed by atoms with E-state index in [4.69, 9.17) is 0 Å². The molecular weight excluding hydrogens is 340 g/mol. The Bertz CT molecular complexity index is 194. The molecule has 0 heterocycles. The van der Waals surface area contributed by atoms with Gasteiger partial charge in [0.05, 0.1) is 13.2 Å². The highest BCUT2D eigenvalue weighted by Gasteiger charge is 1.86. The SMILES string of the molecule is C.C.C=C.C=C.C=CC.CC.CC.CCCOC(C)=O.CCCOC(C)=O. The second-order valence-corrected chi connectivity index (χ2v) is 3.09. The molecule has 0 spiro atoms. The largest absolute Gasteiger partial charge is 0.466 e. The van der Waals surface area contributed by atoms with Crippen molar-refractivity contribution in [1.29, 1.82) is 0 Å². The van der Waals surface area contributed by atoms with Gasteiger partial charge in [0.15, 0.2) is 0 Å². The Morgan fingerprint density at radius 2 is 0.889 bits per heavy atom. The number of hydrogen-bond donors (Lipinski definition) is 0. The first-order chi connectivity index (χ1) is 12.0. The smallest absolute Gasteiger partial charge is 0.302 e. The van der Waals surface area contributed by atoms with Crippen LogP contribution in [0.15, 0.2) is 39.0 Å². The summed E-state index contributed by atoms with van der Waals surface area (Å²) in [5, 5.41) is 0. The predicted octanol–water partition coefficient (Wildman–Crippen LogP) is 8.04. The topological polar surface area (TPSA) is 52.6 Å². The number of rotatable bonds is 4. The number of carbonyl (C=O) groups excluding carboxylic acids is 2. The Kier molecular flexibility index (Phi) is 217. The minimum atomic E-state index is -0.193. The molecule has 0 unspecified atom stereocenters. The normalized spacial score (nSPS) is 5.52. The standard InChI is InChI=1S/2C5H10O2.C3H6.2C2H6.2C2H4.2CH4/c2*1-3-4-7-5(2)6;1-3-2;4*1-2;;/h2*3-4H2,1-2H3;3H,1H2,2H3;2*1-2H3;2*1-2H2;2*1H4. The molecule has 0 N–H and O–H groups in total. The molecule has 0 aromatic carbocycles. The third-order valence-corrected chi connectivity index (χ3v) is 1.02. The third kappa shape index (κ3) is 313. The highest BCUT2D eigenvalue weighted by molar-refractivity contribution is 5.66. The van der Waals surface area contributed by atoms with Gasteiger partial charge >= 0.3 is 11.9 Å². The van der Waals surface area contributed by atoms with Crippen LogP contribution >= 0.6 is 0 Å². The highest BCUT2D eigenvalue weighted by atomic mass is 16.5. The lowest BCUT2D eigenvalue weighted by molar-refractivity contribution is -0.141. The van der Waals surface area contributed by atoms with Gasteiger partial charge in [0, 0.05) is 13.8 Å². The molecule has 0 fully saturated rings. The van der Waals surface area contributed by atoms with Crippen LogP contribution in [-0.4, -0.2) is 25.2 Å². The van der Waals surface area contributed by atoms with Gasteiger partial charge in [-0.25, -0.2) is 0 Å². The molecule has 0 radical (unpaired) electrons. The Morgan fingerprint density at radius 3 is 0.926 bits per heavy atom. The van der Waals surface area contributed by atoms with Crippen molar-refractivity contribution >= 4 is 11.9 Å². The molecule has 4 heteroatoms. The van der Waals surface area contributed by atoms with E-state index in [1.165, 1.54) is 13.8 Å². The fourth-order valence-corrected chi connectivity index (χ4v) is 0.492. The Balaban J connectivity index is -0.0000000217. The monoisotopic (exact) mass is 394 g/mol. The maximum atomic E-state index is 9.98. The molecule has 0 aliphatic carbocycles. The Hall–Kier alpha value is -1.84. The van der Waals surface area contributed by atoms with Crippen LogP contribution in [0.3, 0.4) is 0 Å². The summed E-state index contributed by atoms with van der Waals surface area (Å²) in [5.74, 6) is -0.385. The van der Waals surface area contributed by atoms with Crippen LogP contribution < -0.4 is 0 Å². The summed E-state index contributed by atoms with van der Waals surface area (Å²) in [6.07, 6.45) is 3.55. The lowest BCUT2D eigenvalue weighted by Gasteiger charge is -1.93. The summed E-state index contributed by atoms with van der Waals surface area (Å²) in [7, 11) is 0. The highest BCUT2D eigenvalue weighted by Crippen LogP contribution is 1.79. The van der Waals surface area contributed by atoms with Gasteiger partial charge in [0.1, 0.15) is 0 Å². The van der Waals surface area contributed by atoms with Crippen LogP contribution in [0.5, 0.6) is 0 Å². The van der Waals surface area contributed by atoms with E-state index < -0.39 is 0 Å². The first-order valence-corrected chi connectivity index (χ1v) is 8.79. The van der Waals surface area contributed by atoms with Crippen LogP contribution in [-0.2, 0) is 19.1 Å². The summed E-state index contributed by atoms with van der Waals surface area (Å²) in [4.78, 5) is 20.0. The van der Waals surface area contributed by atoms with Gasteiger partial charge < -0.3 is 9.47 Å². The molecule has 0 bridgehead atoms. The first kappa shape index (κ1) is 56.2. The molecular formula is C23H54O4. The van der Waals surface area contributed by atoms with Crippen LogP contribution in [0.25, 0.3) is 0 Å². The van der Waals surface area contributed by atoms with E-state index in [2.05, 4.69) is 42.4 Å². The molecule has 0 aromatic rings. The average molecular weight is 395 g/mol. The van der Waals surface area contributed by atoms with Crippen LogP contribution in [0, 0.1) is 0 Å². The van der Waals surface area contributed by atoms with Crippen molar-refractivity contribution in [2.45, 2.75) is 90.0 Å². The summed E-state index contributed by atoms with van der Waals surface area (Å²) >= 11 is 0. The summed E-state index contributed by atoms with van der Waals surface area (Å²) < 4.78 is 9.10. The van der Waals surface area contributed by atoms with Gasteiger partial charge in [-0.2, -0.15) is 0 Å². The zero-order valence-corrected chi connectivity index (χ0v) is 18.6. The van der Waals surface area contributed by atoms with Crippen LogP contribution in [0.1, 0.15) is 90.0 Å². The fraction of sp³-hybridized carbons (Fsp3) is 0.652. The number of carbonyl (C=O) groups is 2. The van der Waals surface area contributed by atoms with Gasteiger partial charge in [0.2, 0.25) is 0 Å². The van der Waals surface area contributed by atoms with Gasteiger partial charge in [0.25, 0.3) is 0 Å².